The fourth-order valence-corrected chi connectivity index (χ4v) is 2.06. The van der Waals surface area contributed by atoms with Gasteiger partial charge in [-0.15, -0.1) is 0 Å². The van der Waals surface area contributed by atoms with E-state index < -0.39 is 35.9 Å². The zero-order valence-electron chi connectivity index (χ0n) is 12.9. The number of halogens is 5. The molecule has 8 heteroatoms. The van der Waals surface area contributed by atoms with Crippen LogP contribution in [0.1, 0.15) is 11.1 Å². The van der Waals surface area contributed by atoms with Gasteiger partial charge in [0.15, 0.2) is 6.61 Å². The highest BCUT2D eigenvalue weighted by Gasteiger charge is 2.30. The molecule has 0 aromatic heterocycles. The lowest BCUT2D eigenvalue weighted by Gasteiger charge is -2.10. The van der Waals surface area contributed by atoms with Crippen molar-refractivity contribution in [3.63, 3.8) is 0 Å². The lowest BCUT2D eigenvalue weighted by molar-refractivity contribution is -0.137. The van der Waals surface area contributed by atoms with Crippen LogP contribution in [-0.2, 0) is 17.4 Å². The maximum Gasteiger partial charge on any atom is 0.416 e. The van der Waals surface area contributed by atoms with Gasteiger partial charge in [-0.1, -0.05) is 6.07 Å². The van der Waals surface area contributed by atoms with E-state index in [2.05, 4.69) is 5.32 Å². The third-order valence-corrected chi connectivity index (χ3v) is 3.19. The van der Waals surface area contributed by atoms with E-state index in [9.17, 15) is 26.7 Å². The second-order valence-corrected chi connectivity index (χ2v) is 5.19. The Bertz CT molecular complexity index is 726. The molecule has 3 nitrogen and oxygen atoms in total. The van der Waals surface area contributed by atoms with Crippen LogP contribution in [0.25, 0.3) is 0 Å². The maximum atomic E-state index is 13.0. The number of carbonyl (C=O) groups is 1. The summed E-state index contributed by atoms with van der Waals surface area (Å²) in [6.45, 7) is -0.369. The summed E-state index contributed by atoms with van der Waals surface area (Å²) in [5.41, 5.74) is -0.505. The summed E-state index contributed by atoms with van der Waals surface area (Å²) in [5.74, 6) is -2.07. The number of ether oxygens (including phenoxy) is 1. The number of nitrogens with one attached hydrogen (secondary N) is 1. The van der Waals surface area contributed by atoms with Crippen molar-refractivity contribution >= 4 is 5.91 Å². The number of hydrogen-bond donors (Lipinski definition) is 1. The number of alkyl halides is 3. The van der Waals surface area contributed by atoms with Crippen molar-refractivity contribution in [2.24, 2.45) is 0 Å². The van der Waals surface area contributed by atoms with E-state index in [0.29, 0.717) is 5.56 Å². The predicted octanol–water partition coefficient (Wildman–Crippen LogP) is 3.72. The molecule has 134 valence electrons. The molecule has 0 spiro atoms. The van der Waals surface area contributed by atoms with E-state index in [1.54, 1.807) is 0 Å². The van der Waals surface area contributed by atoms with Crippen molar-refractivity contribution in [2.45, 2.75) is 12.6 Å². The number of hydrogen-bond acceptors (Lipinski definition) is 2. The number of benzene rings is 2. The van der Waals surface area contributed by atoms with Crippen LogP contribution in [0.2, 0.25) is 0 Å². The Morgan fingerprint density at radius 3 is 2.36 bits per heavy atom. The monoisotopic (exact) mass is 359 g/mol. The molecule has 0 atom stereocenters. The number of rotatable bonds is 6. The van der Waals surface area contributed by atoms with Gasteiger partial charge in [0.2, 0.25) is 0 Å². The van der Waals surface area contributed by atoms with Gasteiger partial charge in [0.25, 0.3) is 5.91 Å². The van der Waals surface area contributed by atoms with E-state index in [0.717, 1.165) is 30.3 Å². The summed E-state index contributed by atoms with van der Waals surface area (Å²) in [4.78, 5) is 11.6. The van der Waals surface area contributed by atoms with Gasteiger partial charge < -0.3 is 10.1 Å². The fraction of sp³-hybridized carbons (Fsp3) is 0.235. The van der Waals surface area contributed by atoms with Gasteiger partial charge in [-0.2, -0.15) is 13.2 Å². The topological polar surface area (TPSA) is 38.3 Å². The molecule has 0 radical (unpaired) electrons. The van der Waals surface area contributed by atoms with E-state index in [1.807, 2.05) is 0 Å². The average molecular weight is 359 g/mol. The van der Waals surface area contributed by atoms with Gasteiger partial charge in [-0.25, -0.2) is 8.78 Å². The summed E-state index contributed by atoms with van der Waals surface area (Å²) in [5, 5.41) is 2.45. The Kier molecular flexibility index (Phi) is 5.95. The molecule has 0 unspecified atom stereocenters. The SMILES string of the molecule is O=C(COc1cccc(C(F)(F)F)c1)NCCc1cc(F)cc(F)c1. The summed E-state index contributed by atoms with van der Waals surface area (Å²) < 4.78 is 68.7. The first-order chi connectivity index (χ1) is 11.7. The van der Waals surface area contributed by atoms with E-state index >= 15 is 0 Å². The standard InChI is InChI=1S/C17H14F5NO2/c18-13-6-11(7-14(19)9-13)4-5-23-16(24)10-25-15-3-1-2-12(8-15)17(20,21)22/h1-3,6-9H,4-5,10H2,(H,23,24). The molecule has 0 heterocycles. The molecule has 0 saturated heterocycles. The summed E-state index contributed by atoms with van der Waals surface area (Å²) in [7, 11) is 0. The van der Waals surface area contributed by atoms with Gasteiger partial charge in [0.05, 0.1) is 5.56 Å². The molecule has 0 bridgehead atoms. The molecule has 0 aliphatic carbocycles. The van der Waals surface area contributed by atoms with Gasteiger partial charge in [-0.3, -0.25) is 4.79 Å². The molecule has 1 amide bonds. The Hall–Kier alpha value is -2.64. The molecule has 0 aliphatic heterocycles. The highest BCUT2D eigenvalue weighted by molar-refractivity contribution is 5.77. The smallest absolute Gasteiger partial charge is 0.416 e. The van der Waals surface area contributed by atoms with Crippen molar-refractivity contribution < 1.29 is 31.5 Å². The zero-order chi connectivity index (χ0) is 18.4. The van der Waals surface area contributed by atoms with Crippen molar-refractivity contribution in [1.29, 1.82) is 0 Å². The molecular weight excluding hydrogens is 345 g/mol. The lowest BCUT2D eigenvalue weighted by atomic mass is 10.1. The molecule has 1 N–H and O–H groups in total. The van der Waals surface area contributed by atoms with Crippen molar-refractivity contribution in [3.05, 3.63) is 65.2 Å². The molecule has 2 aromatic carbocycles. The van der Waals surface area contributed by atoms with Crippen LogP contribution in [0.4, 0.5) is 22.0 Å². The van der Waals surface area contributed by atoms with Gasteiger partial charge in [0.1, 0.15) is 17.4 Å². The van der Waals surface area contributed by atoms with Gasteiger partial charge in [0, 0.05) is 12.6 Å². The Morgan fingerprint density at radius 1 is 1.04 bits per heavy atom. The lowest BCUT2D eigenvalue weighted by Crippen LogP contribution is -2.30. The van der Waals surface area contributed by atoms with Crippen LogP contribution in [-0.4, -0.2) is 19.1 Å². The highest BCUT2D eigenvalue weighted by atomic mass is 19.4. The third kappa shape index (κ3) is 6.06. The van der Waals surface area contributed by atoms with Crippen molar-refractivity contribution in [1.82, 2.24) is 5.32 Å². The van der Waals surface area contributed by atoms with E-state index in [1.165, 1.54) is 12.1 Å². The van der Waals surface area contributed by atoms with Crippen LogP contribution in [0.15, 0.2) is 42.5 Å². The quantitative estimate of drug-likeness (QED) is 0.799. The first kappa shape index (κ1) is 18.7. The second-order valence-electron chi connectivity index (χ2n) is 5.19. The second kappa shape index (κ2) is 7.96. The molecule has 0 fully saturated rings. The first-order valence-electron chi connectivity index (χ1n) is 7.26. The molecule has 25 heavy (non-hydrogen) atoms. The maximum absolute atomic E-state index is 13.0. The summed E-state index contributed by atoms with van der Waals surface area (Å²) in [6, 6.07) is 7.20. The normalized spacial score (nSPS) is 11.2. The van der Waals surface area contributed by atoms with Crippen molar-refractivity contribution in [2.75, 3.05) is 13.2 Å². The van der Waals surface area contributed by atoms with E-state index in [-0.39, 0.29) is 18.7 Å². The van der Waals surface area contributed by atoms with Crippen LogP contribution < -0.4 is 10.1 Å². The number of amides is 1. The largest absolute Gasteiger partial charge is 0.484 e. The minimum absolute atomic E-state index is 0.0859. The van der Waals surface area contributed by atoms with Gasteiger partial charge in [-0.05, 0) is 42.3 Å². The van der Waals surface area contributed by atoms with Crippen LogP contribution >= 0.6 is 0 Å². The van der Waals surface area contributed by atoms with Crippen LogP contribution in [0.5, 0.6) is 5.75 Å². The Labute approximate surface area is 140 Å². The Morgan fingerprint density at radius 2 is 1.72 bits per heavy atom. The summed E-state index contributed by atoms with van der Waals surface area (Å²) in [6.07, 6.45) is -4.30. The van der Waals surface area contributed by atoms with Crippen LogP contribution in [0.3, 0.4) is 0 Å². The van der Waals surface area contributed by atoms with Gasteiger partial charge >= 0.3 is 6.18 Å². The molecule has 0 aliphatic rings. The summed E-state index contributed by atoms with van der Waals surface area (Å²) >= 11 is 0. The predicted molar refractivity (Wildman–Crippen MR) is 80.0 cm³/mol. The minimum atomic E-state index is -4.50. The molecule has 2 aromatic rings. The van der Waals surface area contributed by atoms with E-state index in [4.69, 9.17) is 4.74 Å². The van der Waals surface area contributed by atoms with Crippen LogP contribution in [0, 0.1) is 11.6 Å². The minimum Gasteiger partial charge on any atom is -0.484 e. The molecule has 2 rings (SSSR count). The number of carbonyl (C=O) groups excluding carboxylic acids is 1. The first-order valence-corrected chi connectivity index (χ1v) is 7.26. The average Bonchev–Trinajstić information content (AvgIpc) is 2.51. The van der Waals surface area contributed by atoms with Crippen molar-refractivity contribution in [3.8, 4) is 5.75 Å². The third-order valence-electron chi connectivity index (χ3n) is 3.19. The highest BCUT2D eigenvalue weighted by Crippen LogP contribution is 2.31. The molecule has 0 saturated carbocycles. The fourth-order valence-electron chi connectivity index (χ4n) is 2.06. The Balaban J connectivity index is 1.79. The molecular formula is C17H14F5NO2. The zero-order valence-corrected chi connectivity index (χ0v) is 12.9.